The number of methoxy groups -OCH3 is 1. The minimum absolute atomic E-state index is 0.0720. The van der Waals surface area contributed by atoms with E-state index in [0.29, 0.717) is 18.9 Å². The Morgan fingerprint density at radius 2 is 2.05 bits per heavy atom. The van der Waals surface area contributed by atoms with E-state index >= 15 is 0 Å². The van der Waals surface area contributed by atoms with Gasteiger partial charge in [0.2, 0.25) is 10.0 Å². The fraction of sp³-hybridized carbons (Fsp3) is 0.538. The number of hydrogen-bond acceptors (Lipinski definition) is 5. The van der Waals surface area contributed by atoms with Gasteiger partial charge in [0.1, 0.15) is 10.6 Å². The summed E-state index contributed by atoms with van der Waals surface area (Å²) in [6.45, 7) is 3.28. The molecule has 6 nitrogen and oxygen atoms in total. The zero-order valence-electron chi connectivity index (χ0n) is 11.9. The molecule has 0 unspecified atom stereocenters. The third kappa shape index (κ3) is 4.99. The zero-order valence-corrected chi connectivity index (χ0v) is 12.7. The van der Waals surface area contributed by atoms with Crippen LogP contribution in [0.15, 0.2) is 23.1 Å². The lowest BCUT2D eigenvalue weighted by Gasteiger charge is -2.11. The number of anilines is 1. The SMILES string of the molecule is CCCCOCCNS(=O)(=O)c1ccc(N)cc1OC. The molecule has 1 rings (SSSR count). The molecule has 3 N–H and O–H groups in total. The molecular formula is C13H22N2O4S. The highest BCUT2D eigenvalue weighted by Crippen LogP contribution is 2.25. The molecule has 0 heterocycles. The van der Waals surface area contributed by atoms with Crippen LogP contribution in [0.5, 0.6) is 5.75 Å². The van der Waals surface area contributed by atoms with Crippen molar-refractivity contribution in [2.75, 3.05) is 32.6 Å². The summed E-state index contributed by atoms with van der Waals surface area (Å²) < 4.78 is 37.1. The van der Waals surface area contributed by atoms with Crippen LogP contribution in [0, 0.1) is 0 Å². The molecule has 0 saturated carbocycles. The predicted molar refractivity (Wildman–Crippen MR) is 78.3 cm³/mol. The highest BCUT2D eigenvalue weighted by atomic mass is 32.2. The Morgan fingerprint density at radius 1 is 1.30 bits per heavy atom. The third-order valence-corrected chi connectivity index (χ3v) is 4.16. The van der Waals surface area contributed by atoms with Crippen LogP contribution in [0.1, 0.15) is 19.8 Å². The number of ether oxygens (including phenoxy) is 2. The molecule has 114 valence electrons. The molecule has 0 amide bonds. The summed E-state index contributed by atoms with van der Waals surface area (Å²) in [4.78, 5) is 0.0720. The molecule has 0 aliphatic rings. The zero-order chi connectivity index (χ0) is 15.0. The molecule has 7 heteroatoms. The van der Waals surface area contributed by atoms with Crippen molar-refractivity contribution in [3.8, 4) is 5.75 Å². The van der Waals surface area contributed by atoms with Crippen molar-refractivity contribution in [3.05, 3.63) is 18.2 Å². The van der Waals surface area contributed by atoms with Crippen LogP contribution in [0.25, 0.3) is 0 Å². The van der Waals surface area contributed by atoms with E-state index in [2.05, 4.69) is 11.6 Å². The Balaban J connectivity index is 2.60. The van der Waals surface area contributed by atoms with Gasteiger partial charge >= 0.3 is 0 Å². The number of nitrogens with two attached hydrogens (primary N) is 1. The van der Waals surface area contributed by atoms with Crippen LogP contribution in [0.4, 0.5) is 5.69 Å². The second kappa shape index (κ2) is 8.08. The van der Waals surface area contributed by atoms with Crippen molar-refractivity contribution in [1.29, 1.82) is 0 Å². The Bertz CT molecular complexity index is 517. The predicted octanol–water partition coefficient (Wildman–Crippen LogP) is 1.37. The largest absolute Gasteiger partial charge is 0.495 e. The lowest BCUT2D eigenvalue weighted by molar-refractivity contribution is 0.136. The van der Waals surface area contributed by atoms with E-state index in [-0.39, 0.29) is 17.2 Å². The molecule has 1 aromatic carbocycles. The van der Waals surface area contributed by atoms with Crippen molar-refractivity contribution in [1.82, 2.24) is 4.72 Å². The average molecular weight is 302 g/mol. The number of nitrogen functional groups attached to an aromatic ring is 1. The summed E-state index contributed by atoms with van der Waals surface area (Å²) in [5.74, 6) is 0.226. The number of sulfonamides is 1. The van der Waals surface area contributed by atoms with Crippen LogP contribution >= 0.6 is 0 Å². The van der Waals surface area contributed by atoms with Gasteiger partial charge in [-0.15, -0.1) is 0 Å². The van der Waals surface area contributed by atoms with Crippen molar-refractivity contribution in [3.63, 3.8) is 0 Å². The fourth-order valence-electron chi connectivity index (χ4n) is 1.58. The quantitative estimate of drug-likeness (QED) is 0.531. The summed E-state index contributed by atoms with van der Waals surface area (Å²) in [5, 5.41) is 0. The first kappa shape index (κ1) is 16.7. The smallest absolute Gasteiger partial charge is 0.244 e. The molecular weight excluding hydrogens is 280 g/mol. The van der Waals surface area contributed by atoms with E-state index in [1.165, 1.54) is 25.3 Å². The van der Waals surface area contributed by atoms with Gasteiger partial charge in [0.25, 0.3) is 0 Å². The van der Waals surface area contributed by atoms with Gasteiger partial charge < -0.3 is 15.2 Å². The van der Waals surface area contributed by atoms with Crippen molar-refractivity contribution in [2.24, 2.45) is 0 Å². The maximum atomic E-state index is 12.1. The number of nitrogens with one attached hydrogen (secondary N) is 1. The minimum atomic E-state index is -3.62. The van der Waals surface area contributed by atoms with Crippen LogP contribution in [0.3, 0.4) is 0 Å². The first-order valence-electron chi connectivity index (χ1n) is 6.52. The number of benzene rings is 1. The normalized spacial score (nSPS) is 11.5. The van der Waals surface area contributed by atoms with Gasteiger partial charge in [0.05, 0.1) is 13.7 Å². The molecule has 0 aliphatic heterocycles. The second-order valence-electron chi connectivity index (χ2n) is 4.27. The van der Waals surface area contributed by atoms with Crippen molar-refractivity contribution in [2.45, 2.75) is 24.7 Å². The van der Waals surface area contributed by atoms with Crippen LogP contribution in [-0.2, 0) is 14.8 Å². The van der Waals surface area contributed by atoms with E-state index < -0.39 is 10.0 Å². The Hall–Kier alpha value is -1.31. The standard InChI is InChI=1S/C13H22N2O4S/c1-3-4-8-19-9-7-15-20(16,17)13-6-5-11(14)10-12(13)18-2/h5-6,10,15H,3-4,7-9,14H2,1-2H3. The van der Waals surface area contributed by atoms with Gasteiger partial charge in [-0.05, 0) is 18.6 Å². The number of hydrogen-bond donors (Lipinski definition) is 2. The molecule has 0 radical (unpaired) electrons. The van der Waals surface area contributed by atoms with Gasteiger partial charge in [-0.25, -0.2) is 13.1 Å². The van der Waals surface area contributed by atoms with Crippen LogP contribution < -0.4 is 15.2 Å². The fourth-order valence-corrected chi connectivity index (χ4v) is 2.74. The topological polar surface area (TPSA) is 90.7 Å². The van der Waals surface area contributed by atoms with E-state index in [1.54, 1.807) is 0 Å². The molecule has 1 aromatic rings. The first-order valence-corrected chi connectivity index (χ1v) is 8.00. The van der Waals surface area contributed by atoms with Gasteiger partial charge in [0.15, 0.2) is 0 Å². The van der Waals surface area contributed by atoms with Gasteiger partial charge in [-0.3, -0.25) is 0 Å². The Kier molecular flexibility index (Phi) is 6.77. The third-order valence-electron chi connectivity index (χ3n) is 2.66. The maximum absolute atomic E-state index is 12.1. The number of unbranched alkanes of at least 4 members (excludes halogenated alkanes) is 1. The summed E-state index contributed by atoms with van der Waals surface area (Å²) >= 11 is 0. The molecule has 0 bridgehead atoms. The minimum Gasteiger partial charge on any atom is -0.495 e. The monoisotopic (exact) mass is 302 g/mol. The molecule has 0 aromatic heterocycles. The van der Waals surface area contributed by atoms with Crippen LogP contribution in [-0.4, -0.2) is 35.3 Å². The van der Waals surface area contributed by atoms with Crippen molar-refractivity contribution < 1.29 is 17.9 Å². The van der Waals surface area contributed by atoms with E-state index in [0.717, 1.165) is 12.8 Å². The van der Waals surface area contributed by atoms with Crippen molar-refractivity contribution >= 4 is 15.7 Å². The van der Waals surface area contributed by atoms with E-state index in [4.69, 9.17) is 15.2 Å². The summed E-state index contributed by atoms with van der Waals surface area (Å²) in [6.07, 6.45) is 2.02. The summed E-state index contributed by atoms with van der Waals surface area (Å²) in [7, 11) is -2.22. The number of rotatable bonds is 9. The first-order chi connectivity index (χ1) is 9.51. The highest BCUT2D eigenvalue weighted by Gasteiger charge is 2.18. The maximum Gasteiger partial charge on any atom is 0.244 e. The van der Waals surface area contributed by atoms with Gasteiger partial charge in [0, 0.05) is 24.9 Å². The lowest BCUT2D eigenvalue weighted by atomic mass is 10.3. The van der Waals surface area contributed by atoms with Crippen LogP contribution in [0.2, 0.25) is 0 Å². The molecule has 0 atom stereocenters. The molecule has 0 spiro atoms. The summed E-state index contributed by atoms with van der Waals surface area (Å²) in [5.41, 5.74) is 6.05. The lowest BCUT2D eigenvalue weighted by Crippen LogP contribution is -2.28. The molecule has 0 aliphatic carbocycles. The summed E-state index contributed by atoms with van der Waals surface area (Å²) in [6, 6.07) is 4.43. The average Bonchev–Trinajstić information content (AvgIpc) is 2.42. The van der Waals surface area contributed by atoms with Gasteiger partial charge in [-0.2, -0.15) is 0 Å². The molecule has 20 heavy (non-hydrogen) atoms. The van der Waals surface area contributed by atoms with E-state index in [9.17, 15) is 8.42 Å². The Labute approximate surface area is 120 Å². The Morgan fingerprint density at radius 3 is 2.70 bits per heavy atom. The van der Waals surface area contributed by atoms with E-state index in [1.807, 2.05) is 0 Å². The van der Waals surface area contributed by atoms with Gasteiger partial charge in [-0.1, -0.05) is 13.3 Å². The molecule has 0 fully saturated rings. The highest BCUT2D eigenvalue weighted by molar-refractivity contribution is 7.89. The molecule has 0 saturated heterocycles. The second-order valence-corrected chi connectivity index (χ2v) is 6.01.